The maximum absolute atomic E-state index is 5.68. The molecule has 1 radical (unpaired) electrons. The molecule has 3 nitrogen and oxygen atoms in total. The summed E-state index contributed by atoms with van der Waals surface area (Å²) in [7, 11) is 3.58. The zero-order valence-corrected chi connectivity index (χ0v) is 9.01. The Morgan fingerprint density at radius 2 is 2.14 bits per heavy atom. The minimum Gasteiger partial charge on any atom is -0.383 e. The Kier molecular flexibility index (Phi) is 2.29. The van der Waals surface area contributed by atoms with Crippen LogP contribution in [0.3, 0.4) is 0 Å². The molecule has 14 heavy (non-hydrogen) atoms. The molecule has 1 heterocycles. The van der Waals surface area contributed by atoms with Gasteiger partial charge in [-0.05, 0) is 34.1 Å². The van der Waals surface area contributed by atoms with E-state index in [4.69, 9.17) is 5.73 Å². The highest BCUT2D eigenvalue weighted by Gasteiger charge is 2.01. The Morgan fingerprint density at radius 3 is 2.86 bits per heavy atom. The van der Waals surface area contributed by atoms with E-state index >= 15 is 0 Å². The lowest BCUT2D eigenvalue weighted by atomic mass is 10.2. The standard InChI is InChI=1S/C10H9BrN3/c1-13-7-3-2-6-4-8(11)10(12)14-9(6)5-7/h2-5,13H,1H2,(H2,12,14). The second-order valence-electron chi connectivity index (χ2n) is 2.94. The Bertz CT molecular complexity index is 482. The van der Waals surface area contributed by atoms with Crippen molar-refractivity contribution in [3.63, 3.8) is 0 Å². The molecule has 2 rings (SSSR count). The van der Waals surface area contributed by atoms with Gasteiger partial charge >= 0.3 is 0 Å². The molecule has 0 amide bonds. The number of hydrogen-bond donors (Lipinski definition) is 2. The summed E-state index contributed by atoms with van der Waals surface area (Å²) in [5, 5.41) is 3.86. The fourth-order valence-electron chi connectivity index (χ4n) is 1.27. The van der Waals surface area contributed by atoms with Crippen molar-refractivity contribution in [1.29, 1.82) is 0 Å². The van der Waals surface area contributed by atoms with Gasteiger partial charge in [-0.2, -0.15) is 0 Å². The number of aromatic nitrogens is 1. The van der Waals surface area contributed by atoms with E-state index in [9.17, 15) is 0 Å². The summed E-state index contributed by atoms with van der Waals surface area (Å²) in [4.78, 5) is 4.25. The Hall–Kier alpha value is -1.29. The molecule has 0 saturated carbocycles. The number of nitrogens with one attached hydrogen (secondary N) is 1. The zero-order chi connectivity index (χ0) is 10.1. The van der Waals surface area contributed by atoms with Gasteiger partial charge in [0.05, 0.1) is 9.99 Å². The van der Waals surface area contributed by atoms with Gasteiger partial charge in [0.25, 0.3) is 0 Å². The fraction of sp³-hybridized carbons (Fsp3) is 0. The van der Waals surface area contributed by atoms with Crippen LogP contribution in [0.1, 0.15) is 0 Å². The number of benzene rings is 1. The lowest BCUT2D eigenvalue weighted by Crippen LogP contribution is -1.93. The molecular weight excluding hydrogens is 242 g/mol. The fourth-order valence-corrected chi connectivity index (χ4v) is 1.60. The molecule has 0 aliphatic heterocycles. The summed E-state index contributed by atoms with van der Waals surface area (Å²) in [6.45, 7) is 0. The number of hydrogen-bond acceptors (Lipinski definition) is 3. The van der Waals surface area contributed by atoms with Crippen molar-refractivity contribution in [1.82, 2.24) is 4.98 Å². The van der Waals surface area contributed by atoms with Crippen molar-refractivity contribution in [2.24, 2.45) is 0 Å². The minimum absolute atomic E-state index is 0.499. The van der Waals surface area contributed by atoms with Crippen molar-refractivity contribution in [3.05, 3.63) is 35.8 Å². The molecule has 1 aromatic heterocycles. The summed E-state index contributed by atoms with van der Waals surface area (Å²) in [6, 6.07) is 7.77. The van der Waals surface area contributed by atoms with E-state index in [1.165, 1.54) is 0 Å². The molecule has 0 aliphatic rings. The highest BCUT2D eigenvalue weighted by atomic mass is 79.9. The van der Waals surface area contributed by atoms with Crippen LogP contribution in [0.2, 0.25) is 0 Å². The Balaban J connectivity index is 2.70. The van der Waals surface area contributed by atoms with Gasteiger partial charge < -0.3 is 11.1 Å². The molecule has 1 aromatic carbocycles. The van der Waals surface area contributed by atoms with E-state index in [0.29, 0.717) is 5.82 Å². The monoisotopic (exact) mass is 250 g/mol. The van der Waals surface area contributed by atoms with E-state index in [-0.39, 0.29) is 0 Å². The van der Waals surface area contributed by atoms with E-state index in [1.54, 1.807) is 0 Å². The zero-order valence-electron chi connectivity index (χ0n) is 7.42. The quantitative estimate of drug-likeness (QED) is 0.819. The molecule has 4 heteroatoms. The van der Waals surface area contributed by atoms with Crippen LogP contribution in [0, 0.1) is 7.05 Å². The number of fused-ring (bicyclic) bond motifs is 1. The number of pyridine rings is 1. The van der Waals surface area contributed by atoms with Gasteiger partial charge in [-0.3, -0.25) is 0 Å². The van der Waals surface area contributed by atoms with Crippen LogP contribution in [0.5, 0.6) is 0 Å². The third-order valence-electron chi connectivity index (χ3n) is 2.00. The van der Waals surface area contributed by atoms with Crippen LogP contribution in [0.15, 0.2) is 28.7 Å². The molecule has 0 spiro atoms. The van der Waals surface area contributed by atoms with Crippen molar-refractivity contribution in [2.45, 2.75) is 0 Å². The van der Waals surface area contributed by atoms with Crippen LogP contribution >= 0.6 is 15.9 Å². The molecule has 0 bridgehead atoms. The highest BCUT2D eigenvalue weighted by Crippen LogP contribution is 2.24. The molecule has 71 valence electrons. The summed E-state index contributed by atoms with van der Waals surface area (Å²) < 4.78 is 0.820. The topological polar surface area (TPSA) is 50.9 Å². The SMILES string of the molecule is [CH2]Nc1ccc2cc(Br)c(N)nc2c1. The number of anilines is 2. The number of nitrogens with zero attached hydrogens (tertiary/aromatic N) is 1. The Labute approximate surface area is 90.5 Å². The molecule has 0 fully saturated rings. The van der Waals surface area contributed by atoms with E-state index < -0.39 is 0 Å². The lowest BCUT2D eigenvalue weighted by molar-refractivity contribution is 1.39. The van der Waals surface area contributed by atoms with Crippen LogP contribution in [0.25, 0.3) is 10.9 Å². The number of nitrogen functional groups attached to an aromatic ring is 1. The van der Waals surface area contributed by atoms with E-state index in [1.807, 2.05) is 24.3 Å². The second-order valence-corrected chi connectivity index (χ2v) is 3.79. The molecule has 3 N–H and O–H groups in total. The van der Waals surface area contributed by atoms with Crippen molar-refractivity contribution in [3.8, 4) is 0 Å². The molecular formula is C10H9BrN3. The average Bonchev–Trinajstić information content (AvgIpc) is 2.19. The third kappa shape index (κ3) is 1.53. The van der Waals surface area contributed by atoms with Crippen LogP contribution < -0.4 is 11.1 Å². The average molecular weight is 251 g/mol. The van der Waals surface area contributed by atoms with E-state index in [2.05, 4.69) is 33.3 Å². The molecule has 0 aliphatic carbocycles. The summed E-state index contributed by atoms with van der Waals surface area (Å²) in [5.74, 6) is 0.499. The largest absolute Gasteiger partial charge is 0.383 e. The maximum atomic E-state index is 5.68. The molecule has 2 aromatic rings. The third-order valence-corrected chi connectivity index (χ3v) is 2.64. The maximum Gasteiger partial charge on any atom is 0.138 e. The Morgan fingerprint density at radius 1 is 1.36 bits per heavy atom. The van der Waals surface area contributed by atoms with Crippen molar-refractivity contribution in [2.75, 3.05) is 11.1 Å². The van der Waals surface area contributed by atoms with Gasteiger partial charge in [0, 0.05) is 18.1 Å². The predicted molar refractivity (Wildman–Crippen MR) is 62.8 cm³/mol. The second kappa shape index (κ2) is 3.46. The van der Waals surface area contributed by atoms with Gasteiger partial charge in [0.15, 0.2) is 0 Å². The van der Waals surface area contributed by atoms with Crippen LogP contribution in [-0.2, 0) is 0 Å². The van der Waals surface area contributed by atoms with Gasteiger partial charge in [-0.1, -0.05) is 6.07 Å². The summed E-state index contributed by atoms with van der Waals surface area (Å²) in [5.41, 5.74) is 7.47. The molecule has 0 unspecified atom stereocenters. The van der Waals surface area contributed by atoms with Gasteiger partial charge in [-0.15, -0.1) is 0 Å². The first-order chi connectivity index (χ1) is 6.70. The predicted octanol–water partition coefficient (Wildman–Crippen LogP) is 2.78. The van der Waals surface area contributed by atoms with Crippen LogP contribution in [0.4, 0.5) is 11.5 Å². The number of halogens is 1. The lowest BCUT2D eigenvalue weighted by Gasteiger charge is -2.04. The minimum atomic E-state index is 0.499. The first-order valence-corrected chi connectivity index (χ1v) is 4.89. The van der Waals surface area contributed by atoms with Crippen LogP contribution in [-0.4, -0.2) is 4.98 Å². The summed E-state index contributed by atoms with van der Waals surface area (Å²) >= 11 is 3.34. The number of nitrogens with two attached hydrogens (primary N) is 1. The molecule has 0 saturated heterocycles. The normalized spacial score (nSPS) is 10.4. The summed E-state index contributed by atoms with van der Waals surface area (Å²) in [6.07, 6.45) is 0. The van der Waals surface area contributed by atoms with Gasteiger partial charge in [0.2, 0.25) is 0 Å². The first kappa shape index (κ1) is 9.27. The molecule has 0 atom stereocenters. The van der Waals surface area contributed by atoms with Gasteiger partial charge in [-0.25, -0.2) is 4.98 Å². The smallest absolute Gasteiger partial charge is 0.138 e. The van der Waals surface area contributed by atoms with Crippen molar-refractivity contribution < 1.29 is 0 Å². The highest BCUT2D eigenvalue weighted by molar-refractivity contribution is 9.10. The number of rotatable bonds is 1. The van der Waals surface area contributed by atoms with Crippen molar-refractivity contribution >= 4 is 38.3 Å². The van der Waals surface area contributed by atoms with Gasteiger partial charge in [0.1, 0.15) is 5.82 Å². The first-order valence-electron chi connectivity index (χ1n) is 4.09. The van der Waals surface area contributed by atoms with E-state index in [0.717, 1.165) is 21.1 Å².